The summed E-state index contributed by atoms with van der Waals surface area (Å²) < 4.78 is 6.73. The van der Waals surface area contributed by atoms with E-state index >= 15 is 0 Å². The van der Waals surface area contributed by atoms with Gasteiger partial charge in [0.2, 0.25) is 0 Å². The lowest BCUT2D eigenvalue weighted by molar-refractivity contribution is -0.122. The summed E-state index contributed by atoms with van der Waals surface area (Å²) in [6, 6.07) is 10.2. The number of nitrogens with zero attached hydrogens (tertiary/aromatic N) is 1. The van der Waals surface area contributed by atoms with Crippen LogP contribution < -0.4 is 10.1 Å². The van der Waals surface area contributed by atoms with Crippen molar-refractivity contribution in [1.29, 1.82) is 0 Å². The van der Waals surface area contributed by atoms with E-state index in [-0.39, 0.29) is 18.2 Å². The third-order valence-corrected chi connectivity index (χ3v) is 5.16. The first kappa shape index (κ1) is 20.7. The highest BCUT2D eigenvalue weighted by Crippen LogP contribution is 2.29. The van der Waals surface area contributed by atoms with Gasteiger partial charge in [0.15, 0.2) is 0 Å². The molecule has 1 fully saturated rings. The number of nitrogens with one attached hydrogen (secondary N) is 1. The zero-order chi connectivity index (χ0) is 20.3. The fourth-order valence-corrected chi connectivity index (χ4v) is 3.55. The van der Waals surface area contributed by atoms with Crippen LogP contribution in [0.3, 0.4) is 0 Å². The highest BCUT2D eigenvalue weighted by Gasteiger charge is 2.32. The van der Waals surface area contributed by atoms with Gasteiger partial charge >= 0.3 is 6.03 Å². The van der Waals surface area contributed by atoms with Crippen molar-refractivity contribution >= 4 is 57.1 Å². The number of urea groups is 1. The molecule has 28 heavy (non-hydrogen) atoms. The third-order valence-electron chi connectivity index (χ3n) is 4.08. The van der Waals surface area contributed by atoms with Crippen LogP contribution in [0.4, 0.5) is 4.79 Å². The summed E-state index contributed by atoms with van der Waals surface area (Å²) in [6.07, 6.45) is 2.30. The van der Waals surface area contributed by atoms with E-state index in [9.17, 15) is 9.59 Å². The molecule has 0 aliphatic carbocycles. The fourth-order valence-electron chi connectivity index (χ4n) is 2.71. The van der Waals surface area contributed by atoms with Gasteiger partial charge in [0, 0.05) is 32.2 Å². The standard InChI is InChI=1S/C20H17BrCl2N2O3/c1-2-7-25-19(26)17(24-20(25)27)9-13-8-14(21)4-6-18(13)28-11-12-3-5-15(22)10-16(12)23/h3-6,8-10H,2,7,11H2,1H3,(H,24,27)/b17-9+. The molecule has 3 amide bonds. The van der Waals surface area contributed by atoms with Gasteiger partial charge in [-0.05, 0) is 42.8 Å². The predicted octanol–water partition coefficient (Wildman–Crippen LogP) is 5.64. The first-order valence-electron chi connectivity index (χ1n) is 8.60. The molecule has 1 aliphatic heterocycles. The number of ether oxygens (including phenoxy) is 1. The Morgan fingerprint density at radius 1 is 1.18 bits per heavy atom. The summed E-state index contributed by atoms with van der Waals surface area (Å²) in [4.78, 5) is 25.6. The van der Waals surface area contributed by atoms with Gasteiger partial charge in [0.05, 0.1) is 0 Å². The molecule has 0 radical (unpaired) electrons. The van der Waals surface area contributed by atoms with Crippen molar-refractivity contribution in [2.75, 3.05) is 6.54 Å². The topological polar surface area (TPSA) is 58.6 Å². The molecule has 1 saturated heterocycles. The normalized spacial score (nSPS) is 15.3. The Bertz CT molecular complexity index is 962. The number of carbonyl (C=O) groups is 2. The van der Waals surface area contributed by atoms with Crippen LogP contribution in [0.15, 0.2) is 46.6 Å². The van der Waals surface area contributed by atoms with Crippen LogP contribution in [0.5, 0.6) is 5.75 Å². The Morgan fingerprint density at radius 3 is 2.68 bits per heavy atom. The minimum absolute atomic E-state index is 0.214. The Kier molecular flexibility index (Phi) is 6.65. The molecular formula is C20H17BrCl2N2O3. The molecule has 5 nitrogen and oxygen atoms in total. The number of amides is 3. The SMILES string of the molecule is CCCN1C(=O)N/C(=C/c2cc(Br)ccc2OCc2ccc(Cl)cc2Cl)C1=O. The zero-order valence-corrected chi connectivity index (χ0v) is 18.1. The van der Waals surface area contributed by atoms with Gasteiger partial charge in [-0.2, -0.15) is 0 Å². The molecule has 1 N–H and O–H groups in total. The Balaban J connectivity index is 1.85. The van der Waals surface area contributed by atoms with E-state index in [1.807, 2.05) is 19.1 Å². The molecule has 1 aliphatic rings. The predicted molar refractivity (Wildman–Crippen MR) is 113 cm³/mol. The lowest BCUT2D eigenvalue weighted by Gasteiger charge is -2.12. The second kappa shape index (κ2) is 8.99. The van der Waals surface area contributed by atoms with Crippen molar-refractivity contribution < 1.29 is 14.3 Å². The lowest BCUT2D eigenvalue weighted by Crippen LogP contribution is -2.31. The zero-order valence-electron chi connectivity index (χ0n) is 15.0. The molecule has 1 heterocycles. The molecule has 0 aromatic heterocycles. The highest BCUT2D eigenvalue weighted by atomic mass is 79.9. The Hall–Kier alpha value is -2.02. The fraction of sp³-hybridized carbons (Fsp3) is 0.200. The van der Waals surface area contributed by atoms with Crippen molar-refractivity contribution in [1.82, 2.24) is 10.2 Å². The maximum Gasteiger partial charge on any atom is 0.329 e. The quantitative estimate of drug-likeness (QED) is 0.427. The largest absolute Gasteiger partial charge is 0.488 e. The van der Waals surface area contributed by atoms with Crippen LogP contribution >= 0.6 is 39.1 Å². The highest BCUT2D eigenvalue weighted by molar-refractivity contribution is 9.10. The Morgan fingerprint density at radius 2 is 1.96 bits per heavy atom. The summed E-state index contributed by atoms with van der Waals surface area (Å²) in [7, 11) is 0. The summed E-state index contributed by atoms with van der Waals surface area (Å²) in [5, 5.41) is 3.68. The van der Waals surface area contributed by atoms with Gasteiger partial charge in [-0.15, -0.1) is 0 Å². The number of carbonyl (C=O) groups excluding carboxylic acids is 2. The maximum absolute atomic E-state index is 12.5. The summed E-state index contributed by atoms with van der Waals surface area (Å²) >= 11 is 15.5. The van der Waals surface area contributed by atoms with Crippen molar-refractivity contribution in [2.24, 2.45) is 0 Å². The average Bonchev–Trinajstić information content (AvgIpc) is 2.90. The van der Waals surface area contributed by atoms with Gasteiger partial charge in [0.25, 0.3) is 5.91 Å². The number of imide groups is 1. The second-order valence-electron chi connectivity index (χ2n) is 6.15. The van der Waals surface area contributed by atoms with E-state index in [0.717, 1.165) is 10.0 Å². The van der Waals surface area contributed by atoms with Gasteiger partial charge in [-0.3, -0.25) is 9.69 Å². The molecule has 0 spiro atoms. The van der Waals surface area contributed by atoms with Crippen LogP contribution in [0.2, 0.25) is 10.0 Å². The van der Waals surface area contributed by atoms with E-state index in [1.54, 1.807) is 30.3 Å². The molecule has 0 unspecified atom stereocenters. The molecule has 0 bridgehead atoms. The van der Waals surface area contributed by atoms with Crippen LogP contribution in [0.25, 0.3) is 6.08 Å². The molecular weight excluding hydrogens is 467 g/mol. The first-order valence-corrected chi connectivity index (χ1v) is 10.1. The van der Waals surface area contributed by atoms with E-state index in [0.29, 0.717) is 34.3 Å². The van der Waals surface area contributed by atoms with E-state index in [4.69, 9.17) is 27.9 Å². The van der Waals surface area contributed by atoms with Crippen molar-refractivity contribution in [2.45, 2.75) is 20.0 Å². The number of halogens is 3. The second-order valence-corrected chi connectivity index (χ2v) is 7.91. The number of rotatable bonds is 6. The number of hydrogen-bond acceptors (Lipinski definition) is 3. The van der Waals surface area contributed by atoms with Crippen molar-refractivity contribution in [3.8, 4) is 5.75 Å². The van der Waals surface area contributed by atoms with E-state index in [2.05, 4.69) is 21.2 Å². The van der Waals surface area contributed by atoms with Gasteiger partial charge in [-0.25, -0.2) is 4.79 Å². The van der Waals surface area contributed by atoms with Crippen LogP contribution in [0, 0.1) is 0 Å². The minimum atomic E-state index is -0.413. The monoisotopic (exact) mass is 482 g/mol. The average molecular weight is 484 g/mol. The number of hydrogen-bond donors (Lipinski definition) is 1. The summed E-state index contributed by atoms with van der Waals surface area (Å²) in [6.45, 7) is 2.51. The molecule has 0 saturated carbocycles. The van der Waals surface area contributed by atoms with Crippen LogP contribution in [-0.4, -0.2) is 23.4 Å². The van der Waals surface area contributed by atoms with Gasteiger partial charge < -0.3 is 10.1 Å². The minimum Gasteiger partial charge on any atom is -0.488 e. The number of benzene rings is 2. The molecule has 8 heteroatoms. The third kappa shape index (κ3) is 4.69. The Labute approximate surface area is 181 Å². The maximum atomic E-state index is 12.5. The molecule has 146 valence electrons. The van der Waals surface area contributed by atoms with Crippen molar-refractivity contribution in [3.05, 3.63) is 67.7 Å². The van der Waals surface area contributed by atoms with Gasteiger partial charge in [0.1, 0.15) is 18.1 Å². The molecule has 0 atom stereocenters. The van der Waals surface area contributed by atoms with Gasteiger partial charge in [-0.1, -0.05) is 52.1 Å². The van der Waals surface area contributed by atoms with E-state index in [1.165, 1.54) is 4.90 Å². The molecule has 2 aromatic rings. The van der Waals surface area contributed by atoms with Crippen molar-refractivity contribution in [3.63, 3.8) is 0 Å². The molecule has 3 rings (SSSR count). The van der Waals surface area contributed by atoms with E-state index < -0.39 is 6.03 Å². The molecule has 2 aromatic carbocycles. The smallest absolute Gasteiger partial charge is 0.329 e. The van der Waals surface area contributed by atoms with Crippen LogP contribution in [-0.2, 0) is 11.4 Å². The lowest BCUT2D eigenvalue weighted by atomic mass is 10.1. The first-order chi connectivity index (χ1) is 13.4. The van der Waals surface area contributed by atoms with Crippen LogP contribution in [0.1, 0.15) is 24.5 Å². The summed E-state index contributed by atoms with van der Waals surface area (Å²) in [5.74, 6) is 0.205. The summed E-state index contributed by atoms with van der Waals surface area (Å²) in [5.41, 5.74) is 1.65.